The highest BCUT2D eigenvalue weighted by atomic mass is 19.1. The van der Waals surface area contributed by atoms with Gasteiger partial charge < -0.3 is 9.88 Å². The van der Waals surface area contributed by atoms with Crippen LogP contribution in [-0.2, 0) is 17.6 Å². The Morgan fingerprint density at radius 1 is 1.00 bits per heavy atom. The fourth-order valence-electron chi connectivity index (χ4n) is 2.89. The minimum absolute atomic E-state index is 0.00336. The third kappa shape index (κ3) is 4.36. The van der Waals surface area contributed by atoms with E-state index in [9.17, 15) is 13.6 Å². The zero-order valence-corrected chi connectivity index (χ0v) is 14.5. The van der Waals surface area contributed by atoms with Crippen molar-refractivity contribution in [2.45, 2.75) is 25.8 Å². The second kappa shape index (κ2) is 7.95. The van der Waals surface area contributed by atoms with E-state index in [0.717, 1.165) is 11.3 Å². The Morgan fingerprint density at radius 2 is 1.62 bits per heavy atom. The molecule has 1 atom stereocenters. The summed E-state index contributed by atoms with van der Waals surface area (Å²) in [4.78, 5) is 12.2. The van der Waals surface area contributed by atoms with Crippen LogP contribution in [0.25, 0.3) is 5.69 Å². The average molecular weight is 354 g/mol. The van der Waals surface area contributed by atoms with E-state index < -0.39 is 11.6 Å². The van der Waals surface area contributed by atoms with Gasteiger partial charge in [0.25, 0.3) is 0 Å². The van der Waals surface area contributed by atoms with Gasteiger partial charge in [-0.3, -0.25) is 4.79 Å². The average Bonchev–Trinajstić information content (AvgIpc) is 3.13. The van der Waals surface area contributed by atoms with Gasteiger partial charge in [-0.25, -0.2) is 8.78 Å². The molecule has 5 heteroatoms. The minimum atomic E-state index is -0.591. The molecule has 2 aromatic carbocycles. The maximum atomic E-state index is 13.7. The van der Waals surface area contributed by atoms with Crippen LogP contribution in [0.15, 0.2) is 67.0 Å². The Kier molecular flexibility index (Phi) is 5.46. The maximum absolute atomic E-state index is 13.7. The Bertz CT molecular complexity index is 853. The van der Waals surface area contributed by atoms with Crippen LogP contribution in [0.2, 0.25) is 0 Å². The molecule has 0 bridgehead atoms. The van der Waals surface area contributed by atoms with Crippen molar-refractivity contribution in [3.05, 3.63) is 89.8 Å². The van der Waals surface area contributed by atoms with E-state index in [1.54, 1.807) is 6.92 Å². The van der Waals surface area contributed by atoms with Crippen molar-refractivity contribution in [3.8, 4) is 5.69 Å². The summed E-state index contributed by atoms with van der Waals surface area (Å²) in [6, 6.07) is 15.0. The first-order valence-corrected chi connectivity index (χ1v) is 8.47. The Hall–Kier alpha value is -2.95. The summed E-state index contributed by atoms with van der Waals surface area (Å²) in [5.41, 5.74) is 1.89. The summed E-state index contributed by atoms with van der Waals surface area (Å²) >= 11 is 0. The zero-order valence-electron chi connectivity index (χ0n) is 14.5. The topological polar surface area (TPSA) is 34.0 Å². The molecular formula is C21H20F2N2O. The normalized spacial score (nSPS) is 12.0. The quantitative estimate of drug-likeness (QED) is 0.712. The van der Waals surface area contributed by atoms with Crippen molar-refractivity contribution in [2.24, 2.45) is 0 Å². The second-order valence-electron chi connectivity index (χ2n) is 6.31. The van der Waals surface area contributed by atoms with Crippen LogP contribution in [0, 0.1) is 11.6 Å². The minimum Gasteiger partial charge on any atom is -0.353 e. The first kappa shape index (κ1) is 17.9. The summed E-state index contributed by atoms with van der Waals surface area (Å²) in [5, 5.41) is 2.80. The van der Waals surface area contributed by atoms with Crippen molar-refractivity contribution in [2.75, 3.05) is 0 Å². The molecule has 0 saturated heterocycles. The molecular weight excluding hydrogens is 334 g/mol. The van der Waals surface area contributed by atoms with Gasteiger partial charge in [0, 0.05) is 29.7 Å². The number of benzene rings is 2. The second-order valence-corrected chi connectivity index (χ2v) is 6.31. The lowest BCUT2D eigenvalue weighted by atomic mass is 10.1. The Balaban J connectivity index is 1.56. The van der Waals surface area contributed by atoms with Gasteiger partial charge in [0.15, 0.2) is 0 Å². The van der Waals surface area contributed by atoms with Crippen LogP contribution in [0.4, 0.5) is 8.78 Å². The molecule has 0 spiro atoms. The summed E-state index contributed by atoms with van der Waals surface area (Å²) < 4.78 is 29.4. The number of rotatable bonds is 6. The summed E-state index contributed by atoms with van der Waals surface area (Å²) in [6.45, 7) is 1.74. The van der Waals surface area contributed by atoms with E-state index in [1.165, 1.54) is 18.2 Å². The molecule has 3 rings (SSSR count). The van der Waals surface area contributed by atoms with E-state index in [-0.39, 0.29) is 30.4 Å². The molecule has 26 heavy (non-hydrogen) atoms. The summed E-state index contributed by atoms with van der Waals surface area (Å²) in [7, 11) is 0. The summed E-state index contributed by atoms with van der Waals surface area (Å²) in [6.07, 6.45) is 4.23. The van der Waals surface area contributed by atoms with Gasteiger partial charge in [0.1, 0.15) is 11.6 Å². The number of amides is 1. The molecule has 1 aromatic heterocycles. The predicted molar refractivity (Wildman–Crippen MR) is 97.1 cm³/mol. The van der Waals surface area contributed by atoms with Crippen LogP contribution < -0.4 is 5.32 Å². The first-order valence-electron chi connectivity index (χ1n) is 8.47. The fourth-order valence-corrected chi connectivity index (χ4v) is 2.89. The molecule has 0 saturated carbocycles. The number of hydrogen-bond donors (Lipinski definition) is 1. The lowest BCUT2D eigenvalue weighted by molar-refractivity contribution is -0.121. The molecule has 3 aromatic rings. The van der Waals surface area contributed by atoms with Gasteiger partial charge in [-0.05, 0) is 55.3 Å². The lowest BCUT2D eigenvalue weighted by Crippen LogP contribution is -2.35. The lowest BCUT2D eigenvalue weighted by Gasteiger charge is -2.15. The van der Waals surface area contributed by atoms with Crippen LogP contribution in [-0.4, -0.2) is 16.5 Å². The van der Waals surface area contributed by atoms with Crippen molar-refractivity contribution < 1.29 is 13.6 Å². The number of halogens is 2. The predicted octanol–water partition coefficient (Wildman–Crippen LogP) is 4.05. The molecule has 0 radical (unpaired) electrons. The van der Waals surface area contributed by atoms with Crippen molar-refractivity contribution in [3.63, 3.8) is 0 Å². The van der Waals surface area contributed by atoms with Gasteiger partial charge in [0.05, 0.1) is 6.42 Å². The van der Waals surface area contributed by atoms with E-state index in [0.29, 0.717) is 0 Å². The number of hydrogen-bond acceptors (Lipinski definition) is 1. The largest absolute Gasteiger partial charge is 0.353 e. The first-order chi connectivity index (χ1) is 12.5. The van der Waals surface area contributed by atoms with Crippen molar-refractivity contribution in [1.29, 1.82) is 0 Å². The van der Waals surface area contributed by atoms with E-state index in [1.807, 2.05) is 53.4 Å². The molecule has 1 heterocycles. The standard InChI is InChI=1S/C21H20F2N2O/c1-15(13-18-19(22)5-4-6-20(18)23)24-21(26)14-16-7-9-17(10-8-16)25-11-2-3-12-25/h2-12,15H,13-14H2,1H3,(H,24,26). The molecule has 3 nitrogen and oxygen atoms in total. The van der Waals surface area contributed by atoms with Gasteiger partial charge in [-0.15, -0.1) is 0 Å². The monoisotopic (exact) mass is 354 g/mol. The van der Waals surface area contributed by atoms with Crippen LogP contribution in [0.1, 0.15) is 18.1 Å². The highest BCUT2D eigenvalue weighted by molar-refractivity contribution is 5.78. The molecule has 0 aliphatic carbocycles. The Morgan fingerprint density at radius 3 is 2.23 bits per heavy atom. The molecule has 1 N–H and O–H groups in total. The highest BCUT2D eigenvalue weighted by Crippen LogP contribution is 2.14. The summed E-state index contributed by atoms with van der Waals surface area (Å²) in [5.74, 6) is -1.36. The van der Waals surface area contributed by atoms with E-state index in [4.69, 9.17) is 0 Å². The number of carbonyl (C=O) groups excluding carboxylic acids is 1. The highest BCUT2D eigenvalue weighted by Gasteiger charge is 2.14. The molecule has 0 aliphatic heterocycles. The van der Waals surface area contributed by atoms with Crippen molar-refractivity contribution in [1.82, 2.24) is 9.88 Å². The molecule has 134 valence electrons. The number of carbonyl (C=O) groups is 1. The zero-order chi connectivity index (χ0) is 18.5. The Labute approximate surface area is 151 Å². The van der Waals surface area contributed by atoms with E-state index >= 15 is 0 Å². The fraction of sp³-hybridized carbons (Fsp3) is 0.190. The third-order valence-electron chi connectivity index (χ3n) is 4.18. The number of nitrogens with zero attached hydrogens (tertiary/aromatic N) is 1. The van der Waals surface area contributed by atoms with Crippen molar-refractivity contribution >= 4 is 5.91 Å². The van der Waals surface area contributed by atoms with Crippen LogP contribution in [0.5, 0.6) is 0 Å². The molecule has 0 fully saturated rings. The maximum Gasteiger partial charge on any atom is 0.224 e. The molecule has 1 unspecified atom stereocenters. The van der Waals surface area contributed by atoms with Gasteiger partial charge in [-0.2, -0.15) is 0 Å². The van der Waals surface area contributed by atoms with E-state index in [2.05, 4.69) is 5.32 Å². The third-order valence-corrected chi connectivity index (χ3v) is 4.18. The molecule has 0 aliphatic rings. The van der Waals surface area contributed by atoms with Crippen LogP contribution in [0.3, 0.4) is 0 Å². The van der Waals surface area contributed by atoms with Crippen LogP contribution >= 0.6 is 0 Å². The number of nitrogens with one attached hydrogen (secondary N) is 1. The van der Waals surface area contributed by atoms with Gasteiger partial charge in [-0.1, -0.05) is 18.2 Å². The SMILES string of the molecule is CC(Cc1c(F)cccc1F)NC(=O)Cc1ccc(-n2cccc2)cc1. The molecule has 1 amide bonds. The van der Waals surface area contributed by atoms with Gasteiger partial charge >= 0.3 is 0 Å². The number of aromatic nitrogens is 1. The van der Waals surface area contributed by atoms with Gasteiger partial charge in [0.2, 0.25) is 5.91 Å². The smallest absolute Gasteiger partial charge is 0.224 e.